The Labute approximate surface area is 289 Å². The lowest BCUT2D eigenvalue weighted by molar-refractivity contribution is -0.139. The normalized spacial score (nSPS) is 14.4. The summed E-state index contributed by atoms with van der Waals surface area (Å²) in [5, 5.41) is 11.5. The van der Waals surface area contributed by atoms with Crippen LogP contribution in [0.4, 0.5) is 0 Å². The molecule has 1 aliphatic heterocycles. The largest absolute Gasteiger partial charge is 0.493 e. The first-order valence-corrected chi connectivity index (χ1v) is 15.8. The molecule has 3 N–H and O–H groups in total. The van der Waals surface area contributed by atoms with E-state index in [0.717, 1.165) is 9.13 Å². The zero-order chi connectivity index (χ0) is 32.5. The number of methoxy groups -OCH3 is 1. The SMILES string of the molecule is CCOC(=O)C1=C(C)NC(=S)N[C@@H]1c1ccccc1OCC(=O)NN=Cc1cc(I)cc(OC)c1OCc1ccc(Cl)cc1Cl. The smallest absolute Gasteiger partial charge is 0.338 e. The van der Waals surface area contributed by atoms with Gasteiger partial charge in [0.2, 0.25) is 0 Å². The van der Waals surface area contributed by atoms with E-state index < -0.39 is 17.9 Å². The number of hydrogen-bond acceptors (Lipinski definition) is 8. The lowest BCUT2D eigenvalue weighted by Crippen LogP contribution is -2.45. The van der Waals surface area contributed by atoms with Crippen molar-refractivity contribution in [3.8, 4) is 17.2 Å². The first-order chi connectivity index (χ1) is 21.6. The molecule has 0 aliphatic carbocycles. The third kappa shape index (κ3) is 9.00. The maximum atomic E-state index is 12.8. The Morgan fingerprint density at radius 3 is 2.62 bits per heavy atom. The second-order valence-corrected chi connectivity index (χ2v) is 12.0. The number of hydrogen-bond donors (Lipinski definition) is 3. The molecule has 0 spiro atoms. The highest BCUT2D eigenvalue weighted by molar-refractivity contribution is 14.1. The Morgan fingerprint density at radius 1 is 1.11 bits per heavy atom. The van der Waals surface area contributed by atoms with Crippen LogP contribution in [0.1, 0.15) is 36.6 Å². The minimum atomic E-state index is -0.646. The first kappa shape index (κ1) is 34.3. The molecule has 0 radical (unpaired) electrons. The van der Waals surface area contributed by atoms with Gasteiger partial charge in [-0.2, -0.15) is 5.10 Å². The first-order valence-electron chi connectivity index (χ1n) is 13.5. The molecule has 45 heavy (non-hydrogen) atoms. The zero-order valence-electron chi connectivity index (χ0n) is 24.4. The molecule has 0 bridgehead atoms. The number of nitrogens with zero attached hydrogens (tertiary/aromatic N) is 1. The van der Waals surface area contributed by atoms with E-state index in [2.05, 4.69) is 43.8 Å². The van der Waals surface area contributed by atoms with Crippen molar-refractivity contribution in [2.45, 2.75) is 26.5 Å². The summed E-state index contributed by atoms with van der Waals surface area (Å²) in [5.74, 6) is 0.279. The molecule has 1 heterocycles. The lowest BCUT2D eigenvalue weighted by Gasteiger charge is -2.30. The van der Waals surface area contributed by atoms with E-state index in [1.165, 1.54) is 13.3 Å². The molecule has 4 rings (SSSR count). The number of carbonyl (C=O) groups is 2. The number of halogens is 3. The summed E-state index contributed by atoms with van der Waals surface area (Å²) in [6, 6.07) is 15.2. The van der Waals surface area contributed by atoms with Gasteiger partial charge in [-0.3, -0.25) is 4.79 Å². The van der Waals surface area contributed by atoms with Crippen molar-refractivity contribution >= 4 is 81.2 Å². The van der Waals surface area contributed by atoms with Crippen LogP contribution in [0, 0.1) is 3.57 Å². The topological polar surface area (TPSA) is 120 Å². The van der Waals surface area contributed by atoms with E-state index in [-0.39, 0.29) is 19.8 Å². The number of para-hydroxylation sites is 1. The van der Waals surface area contributed by atoms with E-state index in [1.807, 2.05) is 12.1 Å². The van der Waals surface area contributed by atoms with Gasteiger partial charge in [-0.15, -0.1) is 0 Å². The zero-order valence-corrected chi connectivity index (χ0v) is 28.9. The average Bonchev–Trinajstić information content (AvgIpc) is 2.99. The molecular weight excluding hydrogens is 754 g/mol. The molecule has 10 nitrogen and oxygen atoms in total. The molecule has 3 aromatic carbocycles. The fourth-order valence-electron chi connectivity index (χ4n) is 4.39. The number of hydrazone groups is 1. The van der Waals surface area contributed by atoms with E-state index in [1.54, 1.807) is 56.3 Å². The van der Waals surface area contributed by atoms with Gasteiger partial charge in [-0.25, -0.2) is 10.2 Å². The predicted octanol–water partition coefficient (Wildman–Crippen LogP) is 6.07. The average molecular weight is 783 g/mol. The number of benzene rings is 3. The molecule has 1 aliphatic rings. The van der Waals surface area contributed by atoms with Crippen LogP contribution in [0.5, 0.6) is 17.2 Å². The number of amides is 1. The number of allylic oxidation sites excluding steroid dienone is 1. The molecule has 0 saturated carbocycles. The number of thiocarbonyl (C=S) groups is 1. The fraction of sp³-hybridized carbons (Fsp3) is 0.226. The van der Waals surface area contributed by atoms with Gasteiger partial charge in [0.25, 0.3) is 5.91 Å². The summed E-state index contributed by atoms with van der Waals surface area (Å²) >= 11 is 19.8. The molecule has 0 unspecified atom stereocenters. The maximum Gasteiger partial charge on any atom is 0.338 e. The lowest BCUT2D eigenvalue weighted by atomic mass is 9.95. The van der Waals surface area contributed by atoms with Crippen LogP contribution in [0.15, 0.2) is 71.0 Å². The van der Waals surface area contributed by atoms with E-state index in [9.17, 15) is 9.59 Å². The van der Waals surface area contributed by atoms with Crippen molar-refractivity contribution in [2.75, 3.05) is 20.3 Å². The Kier molecular flexibility index (Phi) is 12.3. The van der Waals surface area contributed by atoms with Gasteiger partial charge >= 0.3 is 5.97 Å². The Bertz CT molecular complexity index is 1670. The quantitative estimate of drug-likeness (QED) is 0.0662. The number of carbonyl (C=O) groups excluding carboxylic acids is 2. The summed E-state index contributed by atoms with van der Waals surface area (Å²) in [4.78, 5) is 25.5. The molecular formula is C31H29Cl2IN4O6S. The van der Waals surface area contributed by atoms with Gasteiger partial charge in [-0.1, -0.05) is 47.5 Å². The summed E-state index contributed by atoms with van der Waals surface area (Å²) in [5.41, 5.74) is 5.30. The van der Waals surface area contributed by atoms with Crippen molar-refractivity contribution in [1.82, 2.24) is 16.1 Å². The second kappa shape index (κ2) is 16.1. The minimum Gasteiger partial charge on any atom is -0.493 e. The standard InChI is InChI=1S/C31H29Cl2IN4O6S/c1-4-42-30(40)27-17(2)36-31(45)37-28(27)22-7-5-6-8-24(22)43-16-26(39)38-35-14-19-11-21(34)13-25(41-3)29(19)44-15-18-9-10-20(32)12-23(18)33/h5-14,28H,4,15-16H2,1-3H3,(H,38,39)(H2,36,37,45)/t28-/m1/s1. The van der Waals surface area contributed by atoms with Crippen LogP contribution < -0.4 is 30.3 Å². The van der Waals surface area contributed by atoms with E-state index >= 15 is 0 Å². The van der Waals surface area contributed by atoms with Crippen LogP contribution in [-0.4, -0.2) is 43.5 Å². The Morgan fingerprint density at radius 2 is 1.89 bits per heavy atom. The van der Waals surface area contributed by atoms with E-state index in [4.69, 9.17) is 54.4 Å². The predicted molar refractivity (Wildman–Crippen MR) is 185 cm³/mol. The Hall–Kier alpha value is -3.59. The summed E-state index contributed by atoms with van der Waals surface area (Å²) < 4.78 is 23.6. The van der Waals surface area contributed by atoms with Crippen LogP contribution in [0.2, 0.25) is 10.0 Å². The summed E-state index contributed by atoms with van der Waals surface area (Å²) in [6.45, 7) is 3.49. The van der Waals surface area contributed by atoms with Crippen LogP contribution >= 0.6 is 58.0 Å². The molecule has 1 amide bonds. The molecule has 14 heteroatoms. The third-order valence-electron chi connectivity index (χ3n) is 6.40. The van der Waals surface area contributed by atoms with Gasteiger partial charge in [0.15, 0.2) is 23.2 Å². The molecule has 236 valence electrons. The van der Waals surface area contributed by atoms with Crippen LogP contribution in [0.25, 0.3) is 0 Å². The van der Waals surface area contributed by atoms with Gasteiger partial charge in [-0.05, 0) is 79.0 Å². The van der Waals surface area contributed by atoms with E-state index in [0.29, 0.717) is 54.8 Å². The number of ether oxygens (including phenoxy) is 4. The minimum absolute atomic E-state index is 0.149. The van der Waals surface area contributed by atoms with Crippen molar-refractivity contribution < 1.29 is 28.5 Å². The highest BCUT2D eigenvalue weighted by atomic mass is 127. The highest BCUT2D eigenvalue weighted by Crippen LogP contribution is 2.35. The van der Waals surface area contributed by atoms with Gasteiger partial charge in [0.1, 0.15) is 12.4 Å². The second-order valence-electron chi connectivity index (χ2n) is 9.46. The van der Waals surface area contributed by atoms with Crippen LogP contribution in [-0.2, 0) is 20.9 Å². The molecule has 1 atom stereocenters. The molecule has 0 saturated heterocycles. The fourth-order valence-corrected chi connectivity index (χ4v) is 5.74. The van der Waals surface area contributed by atoms with Crippen molar-refractivity contribution in [3.63, 3.8) is 0 Å². The summed E-state index contributed by atoms with van der Waals surface area (Å²) in [7, 11) is 1.53. The van der Waals surface area contributed by atoms with Crippen molar-refractivity contribution in [1.29, 1.82) is 0 Å². The molecule has 0 fully saturated rings. The summed E-state index contributed by atoms with van der Waals surface area (Å²) in [6.07, 6.45) is 1.45. The Balaban J connectivity index is 1.46. The van der Waals surface area contributed by atoms with Crippen molar-refractivity contribution in [3.05, 3.63) is 96.2 Å². The number of esters is 1. The monoisotopic (exact) mass is 782 g/mol. The number of rotatable bonds is 12. The molecule has 0 aromatic heterocycles. The highest BCUT2D eigenvalue weighted by Gasteiger charge is 2.32. The van der Waals surface area contributed by atoms with Gasteiger partial charge in [0.05, 0.1) is 31.5 Å². The van der Waals surface area contributed by atoms with Gasteiger partial charge < -0.3 is 29.6 Å². The number of nitrogens with one attached hydrogen (secondary N) is 3. The third-order valence-corrected chi connectivity index (χ3v) is 7.83. The maximum absolute atomic E-state index is 12.8. The van der Waals surface area contributed by atoms with Crippen LogP contribution in [0.3, 0.4) is 0 Å². The molecule has 3 aromatic rings. The van der Waals surface area contributed by atoms with Crippen molar-refractivity contribution in [2.24, 2.45) is 5.10 Å². The van der Waals surface area contributed by atoms with Gasteiger partial charge in [0, 0.05) is 36.0 Å².